The highest BCUT2D eigenvalue weighted by Gasteiger charge is 2.23. The number of halogens is 1. The topological polar surface area (TPSA) is 35.8 Å². The predicted octanol–water partition coefficient (Wildman–Crippen LogP) is 3.07. The van der Waals surface area contributed by atoms with Crippen LogP contribution in [0.5, 0.6) is 0 Å². The van der Waals surface area contributed by atoms with E-state index in [-0.39, 0.29) is 5.82 Å². The van der Waals surface area contributed by atoms with E-state index in [0.29, 0.717) is 23.7 Å². The molecule has 1 aliphatic rings. The monoisotopic (exact) mass is 264 g/mol. The van der Waals surface area contributed by atoms with Gasteiger partial charge >= 0.3 is 0 Å². The number of nitriles is 1. The summed E-state index contributed by atoms with van der Waals surface area (Å²) in [6.07, 6.45) is 5.73. The van der Waals surface area contributed by atoms with E-state index in [1.54, 1.807) is 12.1 Å². The van der Waals surface area contributed by atoms with Crippen LogP contribution in [0.15, 0.2) is 18.2 Å². The van der Waals surface area contributed by atoms with E-state index < -0.39 is 0 Å². The van der Waals surface area contributed by atoms with Crippen LogP contribution in [0.3, 0.4) is 0 Å². The molecule has 0 spiro atoms. The van der Waals surface area contributed by atoms with Crippen molar-refractivity contribution in [2.45, 2.75) is 37.1 Å². The molecule has 1 fully saturated rings. The lowest BCUT2D eigenvalue weighted by molar-refractivity contribution is 0.509. The molecule has 1 aromatic carbocycles. The van der Waals surface area contributed by atoms with Crippen LogP contribution in [0.1, 0.15) is 30.4 Å². The second kappa shape index (κ2) is 6.21. The van der Waals surface area contributed by atoms with Gasteiger partial charge in [-0.3, -0.25) is 0 Å². The molecule has 0 bridgehead atoms. The van der Waals surface area contributed by atoms with Crippen molar-refractivity contribution in [3.05, 3.63) is 35.1 Å². The molecule has 2 atom stereocenters. The molecule has 1 aromatic rings. The fourth-order valence-electron chi connectivity index (χ4n) is 2.35. The van der Waals surface area contributed by atoms with Crippen molar-refractivity contribution >= 4 is 11.8 Å². The van der Waals surface area contributed by atoms with Crippen molar-refractivity contribution in [3.63, 3.8) is 0 Å². The summed E-state index contributed by atoms with van der Waals surface area (Å²) in [4.78, 5) is 0. The van der Waals surface area contributed by atoms with Crippen molar-refractivity contribution in [2.24, 2.45) is 0 Å². The Kier molecular flexibility index (Phi) is 4.62. The summed E-state index contributed by atoms with van der Waals surface area (Å²) in [7, 11) is 0. The minimum Gasteiger partial charge on any atom is -0.310 e. The number of nitrogens with one attached hydrogen (secondary N) is 1. The zero-order chi connectivity index (χ0) is 13.0. The number of hydrogen-bond donors (Lipinski definition) is 1. The molecule has 1 aliphatic carbocycles. The Morgan fingerprint density at radius 3 is 2.94 bits per heavy atom. The van der Waals surface area contributed by atoms with Gasteiger partial charge in [-0.15, -0.1) is 0 Å². The SMILES string of the molecule is CSC1CCC(NCc2ccc(C#N)cc2F)C1. The summed E-state index contributed by atoms with van der Waals surface area (Å²) < 4.78 is 13.7. The van der Waals surface area contributed by atoms with Crippen LogP contribution >= 0.6 is 11.8 Å². The number of nitrogens with zero attached hydrogens (tertiary/aromatic N) is 1. The molecule has 0 aliphatic heterocycles. The second-order valence-electron chi connectivity index (χ2n) is 4.67. The van der Waals surface area contributed by atoms with Crippen molar-refractivity contribution in [1.82, 2.24) is 5.32 Å². The van der Waals surface area contributed by atoms with Gasteiger partial charge in [0.1, 0.15) is 5.82 Å². The molecule has 0 aromatic heterocycles. The Morgan fingerprint density at radius 2 is 2.33 bits per heavy atom. The van der Waals surface area contributed by atoms with E-state index in [1.165, 1.54) is 25.3 Å². The first-order valence-corrected chi connectivity index (χ1v) is 7.46. The molecule has 0 radical (unpaired) electrons. The third-order valence-corrected chi connectivity index (χ3v) is 4.58. The summed E-state index contributed by atoms with van der Waals surface area (Å²) in [6, 6.07) is 7.10. The van der Waals surface area contributed by atoms with E-state index in [0.717, 1.165) is 5.25 Å². The van der Waals surface area contributed by atoms with E-state index in [2.05, 4.69) is 11.6 Å². The molecule has 1 saturated carbocycles. The highest BCUT2D eigenvalue weighted by atomic mass is 32.2. The minimum absolute atomic E-state index is 0.291. The van der Waals surface area contributed by atoms with Gasteiger partial charge in [0, 0.05) is 23.4 Å². The number of thioether (sulfide) groups is 1. The number of benzene rings is 1. The van der Waals surface area contributed by atoms with E-state index in [1.807, 2.05) is 17.8 Å². The second-order valence-corrected chi connectivity index (χ2v) is 5.80. The molecule has 0 amide bonds. The lowest BCUT2D eigenvalue weighted by Crippen LogP contribution is -2.26. The first-order chi connectivity index (χ1) is 8.72. The Morgan fingerprint density at radius 1 is 1.50 bits per heavy atom. The summed E-state index contributed by atoms with van der Waals surface area (Å²) in [5.41, 5.74) is 1.01. The molecule has 0 heterocycles. The van der Waals surface area contributed by atoms with Crippen LogP contribution in [0.2, 0.25) is 0 Å². The molecule has 2 nitrogen and oxygen atoms in total. The zero-order valence-electron chi connectivity index (χ0n) is 10.4. The molecule has 96 valence electrons. The Labute approximate surface area is 112 Å². The van der Waals surface area contributed by atoms with Gasteiger partial charge in [-0.2, -0.15) is 17.0 Å². The molecule has 2 unspecified atom stereocenters. The van der Waals surface area contributed by atoms with Gasteiger partial charge in [-0.25, -0.2) is 4.39 Å². The quantitative estimate of drug-likeness (QED) is 0.908. The summed E-state index contributed by atoms with van der Waals surface area (Å²) in [5.74, 6) is -0.291. The largest absolute Gasteiger partial charge is 0.310 e. The Hall–Kier alpha value is -1.05. The van der Waals surface area contributed by atoms with Crippen molar-refractivity contribution in [2.75, 3.05) is 6.26 Å². The summed E-state index contributed by atoms with van der Waals surface area (Å²) in [5, 5.41) is 12.8. The van der Waals surface area contributed by atoms with Crippen molar-refractivity contribution in [1.29, 1.82) is 5.26 Å². The van der Waals surface area contributed by atoms with Gasteiger partial charge in [-0.1, -0.05) is 6.07 Å². The normalized spacial score (nSPS) is 22.9. The van der Waals surface area contributed by atoms with E-state index in [4.69, 9.17) is 5.26 Å². The number of rotatable bonds is 4. The van der Waals surface area contributed by atoms with Crippen LogP contribution in [0.25, 0.3) is 0 Å². The summed E-state index contributed by atoms with van der Waals surface area (Å²) >= 11 is 1.92. The molecule has 18 heavy (non-hydrogen) atoms. The molecular formula is C14H17FN2S. The summed E-state index contributed by atoms with van der Waals surface area (Å²) in [6.45, 7) is 0.545. The average Bonchev–Trinajstić information content (AvgIpc) is 2.85. The first-order valence-electron chi connectivity index (χ1n) is 6.17. The van der Waals surface area contributed by atoms with Gasteiger partial charge in [0.05, 0.1) is 11.6 Å². The third-order valence-electron chi connectivity index (χ3n) is 3.48. The van der Waals surface area contributed by atoms with E-state index >= 15 is 0 Å². The standard InChI is InChI=1S/C14H17FN2S/c1-18-13-5-4-12(7-13)17-9-11-3-2-10(8-16)6-14(11)15/h2-3,6,12-13,17H,4-5,7,9H2,1H3. The molecule has 0 saturated heterocycles. The predicted molar refractivity (Wildman–Crippen MR) is 72.9 cm³/mol. The first kappa shape index (κ1) is 13.4. The minimum atomic E-state index is -0.291. The van der Waals surface area contributed by atoms with Gasteiger partial charge in [0.25, 0.3) is 0 Å². The average molecular weight is 264 g/mol. The van der Waals surface area contributed by atoms with Crippen LogP contribution < -0.4 is 5.32 Å². The van der Waals surface area contributed by atoms with Gasteiger partial charge in [-0.05, 0) is 37.7 Å². The van der Waals surface area contributed by atoms with Gasteiger partial charge < -0.3 is 5.32 Å². The maximum atomic E-state index is 13.7. The van der Waals surface area contributed by atoms with Gasteiger partial charge in [0.15, 0.2) is 0 Å². The van der Waals surface area contributed by atoms with Crippen LogP contribution in [0.4, 0.5) is 4.39 Å². The smallest absolute Gasteiger partial charge is 0.129 e. The third kappa shape index (κ3) is 3.24. The van der Waals surface area contributed by atoms with Gasteiger partial charge in [0.2, 0.25) is 0 Å². The Bertz CT molecular complexity index is 456. The van der Waals surface area contributed by atoms with Crippen molar-refractivity contribution < 1.29 is 4.39 Å². The maximum Gasteiger partial charge on any atom is 0.129 e. The molecule has 1 N–H and O–H groups in total. The fourth-order valence-corrected chi connectivity index (χ4v) is 3.15. The lowest BCUT2D eigenvalue weighted by atomic mass is 10.1. The lowest BCUT2D eigenvalue weighted by Gasteiger charge is -2.13. The molecular weight excluding hydrogens is 247 g/mol. The highest BCUT2D eigenvalue weighted by molar-refractivity contribution is 7.99. The molecule has 2 rings (SSSR count). The maximum absolute atomic E-state index is 13.7. The van der Waals surface area contributed by atoms with Crippen LogP contribution in [0, 0.1) is 17.1 Å². The fraction of sp³-hybridized carbons (Fsp3) is 0.500. The highest BCUT2D eigenvalue weighted by Crippen LogP contribution is 2.28. The van der Waals surface area contributed by atoms with Crippen LogP contribution in [-0.4, -0.2) is 17.5 Å². The number of hydrogen-bond acceptors (Lipinski definition) is 3. The zero-order valence-corrected chi connectivity index (χ0v) is 11.3. The molecule has 4 heteroatoms. The Balaban J connectivity index is 1.89. The van der Waals surface area contributed by atoms with E-state index in [9.17, 15) is 4.39 Å². The van der Waals surface area contributed by atoms with Crippen molar-refractivity contribution in [3.8, 4) is 6.07 Å². The van der Waals surface area contributed by atoms with Crippen LogP contribution in [-0.2, 0) is 6.54 Å².